The van der Waals surface area contributed by atoms with E-state index in [-0.39, 0.29) is 11.3 Å². The molecule has 0 aliphatic carbocycles. The van der Waals surface area contributed by atoms with Crippen molar-refractivity contribution in [2.24, 2.45) is 11.1 Å². The normalized spacial score (nSPS) is 11.9. The third kappa shape index (κ3) is 3.21. The number of amides is 1. The van der Waals surface area contributed by atoms with E-state index >= 15 is 0 Å². The summed E-state index contributed by atoms with van der Waals surface area (Å²) in [6.07, 6.45) is 2.27. The third-order valence-electron chi connectivity index (χ3n) is 3.55. The predicted molar refractivity (Wildman–Crippen MR) is 81.0 cm³/mol. The monoisotopic (exact) mass is 290 g/mol. The number of rotatable bonds is 5. The van der Waals surface area contributed by atoms with Gasteiger partial charge in [-0.3, -0.25) is 4.79 Å². The van der Waals surface area contributed by atoms with Crippen LogP contribution in [0.15, 0.2) is 16.8 Å². The van der Waals surface area contributed by atoms with Crippen LogP contribution in [-0.4, -0.2) is 41.1 Å². The number of aromatic nitrogens is 2. The van der Waals surface area contributed by atoms with Gasteiger partial charge in [0.2, 0.25) is 0 Å². The maximum Gasteiger partial charge on any atom is 0.257 e. The Labute approximate surface area is 124 Å². The molecule has 21 heavy (non-hydrogen) atoms. The van der Waals surface area contributed by atoms with Crippen molar-refractivity contribution < 1.29 is 9.32 Å². The van der Waals surface area contributed by atoms with Crippen LogP contribution in [0.2, 0.25) is 0 Å². The van der Waals surface area contributed by atoms with Gasteiger partial charge in [-0.25, -0.2) is 4.98 Å². The van der Waals surface area contributed by atoms with Gasteiger partial charge in [0.1, 0.15) is 0 Å². The number of nitrogens with zero attached hydrogens (tertiary/aromatic N) is 3. The molecule has 0 fully saturated rings. The number of hydrogen-bond donors (Lipinski definition) is 1. The van der Waals surface area contributed by atoms with Crippen molar-refractivity contribution in [3.05, 3.63) is 23.5 Å². The molecule has 2 heterocycles. The highest BCUT2D eigenvalue weighted by Gasteiger charge is 2.22. The van der Waals surface area contributed by atoms with E-state index in [1.807, 2.05) is 20.8 Å². The smallest absolute Gasteiger partial charge is 0.257 e. The second-order valence-electron chi connectivity index (χ2n) is 6.09. The van der Waals surface area contributed by atoms with Gasteiger partial charge in [-0.15, -0.1) is 0 Å². The van der Waals surface area contributed by atoms with Gasteiger partial charge in [-0.2, -0.15) is 0 Å². The van der Waals surface area contributed by atoms with Gasteiger partial charge in [0.05, 0.1) is 16.6 Å². The molecule has 1 amide bonds. The zero-order valence-electron chi connectivity index (χ0n) is 13.0. The average Bonchev–Trinajstić information content (AvgIpc) is 2.88. The summed E-state index contributed by atoms with van der Waals surface area (Å²) in [6, 6.07) is 1.80. The molecule has 0 radical (unpaired) electrons. The van der Waals surface area contributed by atoms with Crippen molar-refractivity contribution in [2.45, 2.75) is 27.2 Å². The topological polar surface area (TPSA) is 85.2 Å². The van der Waals surface area contributed by atoms with Gasteiger partial charge in [0.25, 0.3) is 11.6 Å². The van der Waals surface area contributed by atoms with E-state index in [2.05, 4.69) is 10.1 Å². The van der Waals surface area contributed by atoms with Crippen molar-refractivity contribution in [3.8, 4) is 0 Å². The van der Waals surface area contributed by atoms with E-state index in [1.165, 1.54) is 6.20 Å². The van der Waals surface area contributed by atoms with Crippen molar-refractivity contribution >= 4 is 17.0 Å². The number of carbonyl (C=O) groups is 1. The third-order valence-corrected chi connectivity index (χ3v) is 3.55. The second-order valence-corrected chi connectivity index (χ2v) is 6.09. The lowest BCUT2D eigenvalue weighted by atomic mass is 9.93. The maximum atomic E-state index is 12.5. The minimum Gasteiger partial charge on any atom is -0.341 e. The molecule has 2 N–H and O–H groups in total. The summed E-state index contributed by atoms with van der Waals surface area (Å²) >= 11 is 0. The zero-order chi connectivity index (χ0) is 15.6. The second kappa shape index (κ2) is 5.81. The van der Waals surface area contributed by atoms with E-state index in [4.69, 9.17) is 10.3 Å². The molecule has 2 rings (SSSR count). The fraction of sp³-hybridized carbons (Fsp3) is 0.533. The molecule has 114 valence electrons. The fourth-order valence-corrected chi connectivity index (χ4v) is 2.25. The predicted octanol–water partition coefficient (Wildman–Crippen LogP) is 1.84. The molecule has 0 saturated carbocycles. The van der Waals surface area contributed by atoms with Gasteiger partial charge in [0.15, 0.2) is 0 Å². The van der Waals surface area contributed by atoms with Crippen LogP contribution < -0.4 is 5.73 Å². The van der Waals surface area contributed by atoms with E-state index < -0.39 is 0 Å². The molecule has 2 aromatic rings. The first-order valence-electron chi connectivity index (χ1n) is 7.08. The Morgan fingerprint density at radius 1 is 1.48 bits per heavy atom. The molecule has 0 bridgehead atoms. The van der Waals surface area contributed by atoms with Crippen LogP contribution >= 0.6 is 0 Å². The minimum atomic E-state index is -0.117. The van der Waals surface area contributed by atoms with E-state index in [1.54, 1.807) is 18.0 Å². The van der Waals surface area contributed by atoms with Gasteiger partial charge in [-0.1, -0.05) is 25.9 Å². The Kier molecular flexibility index (Phi) is 4.27. The SMILES string of the molecule is CCc1noc2ncc(C(=O)N(C)CC(C)(C)CN)cc12. The summed E-state index contributed by atoms with van der Waals surface area (Å²) in [5.41, 5.74) is 7.42. The zero-order valence-corrected chi connectivity index (χ0v) is 13.0. The Bertz CT molecular complexity index is 648. The van der Waals surface area contributed by atoms with Gasteiger partial charge >= 0.3 is 0 Å². The van der Waals surface area contributed by atoms with Crippen LogP contribution in [0.1, 0.15) is 36.8 Å². The number of fused-ring (bicyclic) bond motifs is 1. The van der Waals surface area contributed by atoms with E-state index in [0.29, 0.717) is 24.4 Å². The Morgan fingerprint density at radius 3 is 2.81 bits per heavy atom. The summed E-state index contributed by atoms with van der Waals surface area (Å²) in [5.74, 6) is -0.0748. The van der Waals surface area contributed by atoms with Crippen LogP contribution in [0.25, 0.3) is 11.1 Å². The van der Waals surface area contributed by atoms with Gasteiger partial charge in [0, 0.05) is 19.8 Å². The van der Waals surface area contributed by atoms with Crippen molar-refractivity contribution in [2.75, 3.05) is 20.1 Å². The Morgan fingerprint density at radius 2 is 2.19 bits per heavy atom. The molecule has 0 aliphatic heterocycles. The first-order chi connectivity index (χ1) is 9.88. The molecule has 0 saturated heterocycles. The lowest BCUT2D eigenvalue weighted by Crippen LogP contribution is -2.39. The number of carbonyl (C=O) groups excluding carboxylic acids is 1. The van der Waals surface area contributed by atoms with Gasteiger partial charge < -0.3 is 15.2 Å². The van der Waals surface area contributed by atoms with E-state index in [9.17, 15) is 4.79 Å². The lowest BCUT2D eigenvalue weighted by molar-refractivity contribution is 0.0740. The molecule has 0 atom stereocenters. The quantitative estimate of drug-likeness (QED) is 0.908. The lowest BCUT2D eigenvalue weighted by Gasteiger charge is -2.29. The van der Waals surface area contributed by atoms with Crippen molar-refractivity contribution in [1.82, 2.24) is 15.0 Å². The van der Waals surface area contributed by atoms with Crippen molar-refractivity contribution in [1.29, 1.82) is 0 Å². The molecule has 0 unspecified atom stereocenters. The number of aryl methyl sites for hydroxylation is 1. The molecular formula is C15H22N4O2. The van der Waals surface area contributed by atoms with E-state index in [0.717, 1.165) is 17.5 Å². The molecular weight excluding hydrogens is 268 g/mol. The molecule has 0 aromatic carbocycles. The molecule has 2 aromatic heterocycles. The largest absolute Gasteiger partial charge is 0.341 e. The first kappa shape index (κ1) is 15.4. The fourth-order valence-electron chi connectivity index (χ4n) is 2.25. The highest BCUT2D eigenvalue weighted by atomic mass is 16.5. The Balaban J connectivity index is 2.26. The van der Waals surface area contributed by atoms with Crippen molar-refractivity contribution in [3.63, 3.8) is 0 Å². The Hall–Kier alpha value is -1.95. The standard InChI is InChI=1S/C15H22N4O2/c1-5-12-11-6-10(7-17-13(11)21-18-12)14(20)19(4)9-15(2,3)8-16/h6-7H,5,8-9,16H2,1-4H3. The summed E-state index contributed by atoms with van der Waals surface area (Å²) in [5, 5.41) is 4.75. The van der Waals surface area contributed by atoms with Gasteiger partial charge in [-0.05, 0) is 24.4 Å². The average molecular weight is 290 g/mol. The number of hydrogen-bond acceptors (Lipinski definition) is 5. The van der Waals surface area contributed by atoms with Crippen LogP contribution in [0.5, 0.6) is 0 Å². The minimum absolute atomic E-state index is 0.0748. The summed E-state index contributed by atoms with van der Waals surface area (Å²) in [7, 11) is 1.78. The van der Waals surface area contributed by atoms with Crippen LogP contribution in [0.3, 0.4) is 0 Å². The first-order valence-corrected chi connectivity index (χ1v) is 7.08. The summed E-state index contributed by atoms with van der Waals surface area (Å²) in [6.45, 7) is 7.17. The highest BCUT2D eigenvalue weighted by molar-refractivity contribution is 5.96. The summed E-state index contributed by atoms with van der Waals surface area (Å²) in [4.78, 5) is 18.3. The highest BCUT2D eigenvalue weighted by Crippen LogP contribution is 2.20. The molecule has 6 heteroatoms. The summed E-state index contributed by atoms with van der Waals surface area (Å²) < 4.78 is 5.13. The number of nitrogens with two attached hydrogens (primary N) is 1. The molecule has 6 nitrogen and oxygen atoms in total. The number of pyridine rings is 1. The van der Waals surface area contributed by atoms with Crippen LogP contribution in [-0.2, 0) is 6.42 Å². The van der Waals surface area contributed by atoms with Crippen LogP contribution in [0.4, 0.5) is 0 Å². The van der Waals surface area contributed by atoms with Crippen LogP contribution in [0, 0.1) is 5.41 Å². The maximum absolute atomic E-state index is 12.5. The molecule has 0 spiro atoms. The molecule has 0 aliphatic rings.